The van der Waals surface area contributed by atoms with Crippen LogP contribution in [0.25, 0.3) is 21.9 Å². The van der Waals surface area contributed by atoms with Gasteiger partial charge >= 0.3 is 5.97 Å². The second kappa shape index (κ2) is 7.03. The molecule has 1 N–H and O–H groups in total. The molecule has 0 atom stereocenters. The summed E-state index contributed by atoms with van der Waals surface area (Å²) < 4.78 is 36.2. The Morgan fingerprint density at radius 3 is 2.52 bits per heavy atom. The average molecular weight is 390 g/mol. The molecule has 2 aromatic carbocycles. The topological polar surface area (TPSA) is 111 Å². The van der Waals surface area contributed by atoms with Gasteiger partial charge < -0.3 is 14.3 Å². The largest absolute Gasteiger partial charge is 0.490 e. The van der Waals surface area contributed by atoms with Crippen molar-refractivity contribution in [2.75, 3.05) is 12.4 Å². The lowest BCUT2D eigenvalue weighted by molar-refractivity contribution is 0.0697. The van der Waals surface area contributed by atoms with Crippen LogP contribution in [-0.2, 0) is 9.84 Å². The van der Waals surface area contributed by atoms with Gasteiger partial charge in [0.15, 0.2) is 21.2 Å². The molecule has 0 bridgehead atoms. The van der Waals surface area contributed by atoms with Crippen LogP contribution in [0.1, 0.15) is 30.6 Å². The maximum atomic E-state index is 13.0. The van der Waals surface area contributed by atoms with E-state index >= 15 is 0 Å². The Hall–Kier alpha value is -2.87. The zero-order valence-electron chi connectivity index (χ0n) is 14.8. The standard InChI is InChI=1S/C19H18O7S/c1-3-7-27(23,24)12-9-14-17(20)13-8-11(19(21)22)5-6-15(13)26-18(14)16(10-12)25-4-2/h5-6,8-10H,3-4,7H2,1-2H3,(H,21,22). The van der Waals surface area contributed by atoms with Crippen LogP contribution in [-0.4, -0.2) is 31.9 Å². The number of carboxylic acids is 1. The molecule has 7 nitrogen and oxygen atoms in total. The molecule has 27 heavy (non-hydrogen) atoms. The summed E-state index contributed by atoms with van der Waals surface area (Å²) in [6.07, 6.45) is 0.429. The molecule has 0 saturated carbocycles. The summed E-state index contributed by atoms with van der Waals surface area (Å²) in [6, 6.07) is 6.58. The smallest absolute Gasteiger partial charge is 0.335 e. The van der Waals surface area contributed by atoms with Crippen LogP contribution in [0.4, 0.5) is 0 Å². The minimum Gasteiger partial charge on any atom is -0.490 e. The zero-order chi connectivity index (χ0) is 19.8. The first-order valence-corrected chi connectivity index (χ1v) is 10.1. The molecule has 0 amide bonds. The second-order valence-corrected chi connectivity index (χ2v) is 8.11. The highest BCUT2D eigenvalue weighted by Crippen LogP contribution is 2.31. The van der Waals surface area contributed by atoms with E-state index in [1.54, 1.807) is 13.8 Å². The summed E-state index contributed by atoms with van der Waals surface area (Å²) in [5, 5.41) is 9.24. The molecule has 8 heteroatoms. The highest BCUT2D eigenvalue weighted by Gasteiger charge is 2.21. The molecule has 3 rings (SSSR count). The summed E-state index contributed by atoms with van der Waals surface area (Å²) in [5.74, 6) is -1.08. The van der Waals surface area contributed by atoms with E-state index in [9.17, 15) is 18.0 Å². The van der Waals surface area contributed by atoms with Crippen molar-refractivity contribution in [3.8, 4) is 5.75 Å². The first-order valence-electron chi connectivity index (χ1n) is 8.42. The Kier molecular flexibility index (Phi) is 4.93. The maximum absolute atomic E-state index is 13.0. The summed E-state index contributed by atoms with van der Waals surface area (Å²) >= 11 is 0. The number of fused-ring (bicyclic) bond motifs is 2. The predicted octanol–water partition coefficient (Wildman–Crippen LogP) is 3.23. The molecule has 0 aliphatic carbocycles. The molecule has 3 aromatic rings. The van der Waals surface area contributed by atoms with Gasteiger partial charge in [0.2, 0.25) is 5.43 Å². The van der Waals surface area contributed by atoms with Gasteiger partial charge in [0, 0.05) is 6.07 Å². The van der Waals surface area contributed by atoms with E-state index in [1.807, 2.05) is 0 Å². The Morgan fingerprint density at radius 2 is 1.89 bits per heavy atom. The van der Waals surface area contributed by atoms with E-state index in [0.29, 0.717) is 6.42 Å². The van der Waals surface area contributed by atoms with Crippen molar-refractivity contribution in [2.24, 2.45) is 0 Å². The van der Waals surface area contributed by atoms with E-state index in [4.69, 9.17) is 14.3 Å². The van der Waals surface area contributed by atoms with Crippen molar-refractivity contribution >= 4 is 37.7 Å². The molecular formula is C19H18O7S. The number of aromatic carboxylic acids is 1. The minimum atomic E-state index is -3.59. The molecular weight excluding hydrogens is 372 g/mol. The van der Waals surface area contributed by atoms with Crippen molar-refractivity contribution in [2.45, 2.75) is 25.2 Å². The predicted molar refractivity (Wildman–Crippen MR) is 100 cm³/mol. The number of hydrogen-bond donors (Lipinski definition) is 1. The van der Waals surface area contributed by atoms with Crippen molar-refractivity contribution in [3.05, 3.63) is 46.1 Å². The third-order valence-corrected chi connectivity index (χ3v) is 5.99. The van der Waals surface area contributed by atoms with Crippen LogP contribution in [0, 0.1) is 0 Å². The fourth-order valence-electron chi connectivity index (χ4n) is 2.86. The highest BCUT2D eigenvalue weighted by atomic mass is 32.2. The lowest BCUT2D eigenvalue weighted by Crippen LogP contribution is -2.10. The van der Waals surface area contributed by atoms with Gasteiger partial charge in [-0.3, -0.25) is 4.79 Å². The van der Waals surface area contributed by atoms with E-state index in [2.05, 4.69) is 0 Å². The minimum absolute atomic E-state index is 0.0265. The molecule has 0 aliphatic rings. The quantitative estimate of drug-likeness (QED) is 0.643. The van der Waals surface area contributed by atoms with Crippen molar-refractivity contribution in [3.63, 3.8) is 0 Å². The van der Waals surface area contributed by atoms with E-state index in [0.717, 1.165) is 0 Å². The Balaban J connectivity index is 2.42. The molecule has 0 unspecified atom stereocenters. The van der Waals surface area contributed by atoms with Crippen LogP contribution in [0.3, 0.4) is 0 Å². The van der Waals surface area contributed by atoms with Crippen molar-refractivity contribution < 1.29 is 27.5 Å². The van der Waals surface area contributed by atoms with Crippen LogP contribution >= 0.6 is 0 Å². The van der Waals surface area contributed by atoms with Crippen LogP contribution < -0.4 is 10.2 Å². The van der Waals surface area contributed by atoms with Gasteiger partial charge in [0.25, 0.3) is 0 Å². The van der Waals surface area contributed by atoms with E-state index in [1.165, 1.54) is 30.3 Å². The molecule has 0 radical (unpaired) electrons. The average Bonchev–Trinajstić information content (AvgIpc) is 2.62. The van der Waals surface area contributed by atoms with Crippen molar-refractivity contribution in [1.82, 2.24) is 0 Å². The highest BCUT2D eigenvalue weighted by molar-refractivity contribution is 7.91. The van der Waals surface area contributed by atoms with Gasteiger partial charge in [-0.2, -0.15) is 0 Å². The van der Waals surface area contributed by atoms with Crippen LogP contribution in [0.5, 0.6) is 5.75 Å². The second-order valence-electron chi connectivity index (χ2n) is 6.00. The summed E-state index contributed by atoms with van der Waals surface area (Å²) in [7, 11) is -3.59. The normalized spacial score (nSPS) is 11.8. The summed E-state index contributed by atoms with van der Waals surface area (Å²) in [4.78, 5) is 24.1. The number of carboxylic acid groups (broad SMARTS) is 1. The number of hydrogen-bond acceptors (Lipinski definition) is 6. The number of rotatable bonds is 6. The zero-order valence-corrected chi connectivity index (χ0v) is 15.6. The molecule has 0 aliphatic heterocycles. The SMILES string of the molecule is CCCS(=O)(=O)c1cc(OCC)c2oc3ccc(C(=O)O)cc3c(=O)c2c1. The third kappa shape index (κ3) is 3.40. The Bertz CT molecular complexity index is 1210. The summed E-state index contributed by atoms with van der Waals surface area (Å²) in [5.41, 5.74) is -0.242. The van der Waals surface area contributed by atoms with Crippen LogP contribution in [0.2, 0.25) is 0 Å². The van der Waals surface area contributed by atoms with Gasteiger partial charge in [-0.25, -0.2) is 13.2 Å². The fraction of sp³-hybridized carbons (Fsp3) is 0.263. The van der Waals surface area contributed by atoms with Crippen LogP contribution in [0.15, 0.2) is 44.4 Å². The Labute approximate surface area is 155 Å². The molecule has 0 spiro atoms. The lowest BCUT2D eigenvalue weighted by atomic mass is 10.1. The first kappa shape index (κ1) is 18.9. The van der Waals surface area contributed by atoms with Gasteiger partial charge in [0.05, 0.1) is 33.6 Å². The van der Waals surface area contributed by atoms with Gasteiger partial charge in [0.1, 0.15) is 5.58 Å². The summed E-state index contributed by atoms with van der Waals surface area (Å²) in [6.45, 7) is 3.74. The van der Waals surface area contributed by atoms with E-state index < -0.39 is 21.2 Å². The lowest BCUT2D eigenvalue weighted by Gasteiger charge is -2.11. The van der Waals surface area contributed by atoms with Gasteiger partial charge in [-0.1, -0.05) is 6.92 Å². The number of benzene rings is 2. The number of sulfone groups is 1. The molecule has 0 fully saturated rings. The van der Waals surface area contributed by atoms with Gasteiger partial charge in [-0.05, 0) is 37.6 Å². The molecule has 1 heterocycles. The Morgan fingerprint density at radius 1 is 1.15 bits per heavy atom. The first-order chi connectivity index (χ1) is 12.8. The molecule has 142 valence electrons. The van der Waals surface area contributed by atoms with E-state index in [-0.39, 0.29) is 50.5 Å². The third-order valence-electron chi connectivity index (χ3n) is 4.09. The molecule has 0 saturated heterocycles. The van der Waals surface area contributed by atoms with Gasteiger partial charge in [-0.15, -0.1) is 0 Å². The molecule has 1 aromatic heterocycles. The number of ether oxygens (including phenoxy) is 1. The fourth-order valence-corrected chi connectivity index (χ4v) is 4.22. The monoisotopic (exact) mass is 390 g/mol. The number of carbonyl (C=O) groups is 1. The van der Waals surface area contributed by atoms with Crippen molar-refractivity contribution in [1.29, 1.82) is 0 Å². The maximum Gasteiger partial charge on any atom is 0.335 e.